The van der Waals surface area contributed by atoms with Gasteiger partial charge in [-0.1, -0.05) is 18.2 Å². The van der Waals surface area contributed by atoms with Crippen molar-refractivity contribution < 1.29 is 4.74 Å². The Morgan fingerprint density at radius 2 is 1.96 bits per heavy atom. The number of aryl methyl sites for hydroxylation is 2. The van der Waals surface area contributed by atoms with Gasteiger partial charge in [0.05, 0.1) is 18.4 Å². The molecule has 6 nitrogen and oxygen atoms in total. The van der Waals surface area contributed by atoms with E-state index in [2.05, 4.69) is 24.3 Å². The quantitative estimate of drug-likeness (QED) is 0.748. The lowest BCUT2D eigenvalue weighted by atomic mass is 10.1. The van der Waals surface area contributed by atoms with Crippen LogP contribution in [-0.4, -0.2) is 53.8 Å². The van der Waals surface area contributed by atoms with Crippen molar-refractivity contribution in [3.05, 3.63) is 41.7 Å². The summed E-state index contributed by atoms with van der Waals surface area (Å²) in [5.74, 6) is 1.78. The average Bonchev–Trinajstić information content (AvgIpc) is 2.90. The predicted octanol–water partition coefficient (Wildman–Crippen LogP) is 3.00. The van der Waals surface area contributed by atoms with Gasteiger partial charge in [-0.25, -0.2) is 4.98 Å². The third kappa shape index (κ3) is 3.44. The van der Waals surface area contributed by atoms with Crippen LogP contribution in [0, 0.1) is 13.8 Å². The van der Waals surface area contributed by atoms with E-state index in [1.807, 2.05) is 48.7 Å². The molecule has 1 aromatic carbocycles. The van der Waals surface area contributed by atoms with Crippen LogP contribution >= 0.6 is 0 Å². The van der Waals surface area contributed by atoms with E-state index in [0.29, 0.717) is 0 Å². The van der Waals surface area contributed by atoms with Crippen LogP contribution in [0.1, 0.15) is 11.4 Å². The molecule has 3 aromatic rings. The number of benzene rings is 1. The second-order valence-electron chi connectivity index (χ2n) is 6.41. The number of rotatable bonds is 6. The zero-order valence-corrected chi connectivity index (χ0v) is 15.5. The molecule has 2 heterocycles. The average molecular weight is 339 g/mol. The van der Waals surface area contributed by atoms with Gasteiger partial charge < -0.3 is 15.0 Å². The largest absolute Gasteiger partial charge is 0.496 e. The number of methoxy groups -OCH3 is 1. The number of likely N-dealkylation sites (N-methyl/N-ethyl adjacent to an activating group) is 1. The predicted molar refractivity (Wildman–Crippen MR) is 101 cm³/mol. The number of hydrogen-bond donors (Lipinski definition) is 1. The zero-order chi connectivity index (χ0) is 18.0. The Morgan fingerprint density at radius 3 is 2.68 bits per heavy atom. The van der Waals surface area contributed by atoms with E-state index in [4.69, 9.17) is 14.8 Å². The van der Waals surface area contributed by atoms with Crippen LogP contribution in [0.3, 0.4) is 0 Å². The number of anilines is 1. The van der Waals surface area contributed by atoms with E-state index in [-0.39, 0.29) is 0 Å². The Kier molecular flexibility index (Phi) is 4.90. The number of ether oxygens (including phenoxy) is 1. The minimum atomic E-state index is 0.825. The van der Waals surface area contributed by atoms with Crippen molar-refractivity contribution in [1.29, 1.82) is 0 Å². The molecule has 0 aliphatic heterocycles. The van der Waals surface area contributed by atoms with E-state index in [9.17, 15) is 0 Å². The summed E-state index contributed by atoms with van der Waals surface area (Å²) in [6.07, 6.45) is 0. The van der Waals surface area contributed by atoms with E-state index < -0.39 is 0 Å². The SMILES string of the molecule is COc1ccccc1-c1c(C)nn2c(NCCN(C)C)cc(C)nc12. The summed E-state index contributed by atoms with van der Waals surface area (Å²) in [6, 6.07) is 10.0. The minimum Gasteiger partial charge on any atom is -0.496 e. The van der Waals surface area contributed by atoms with Crippen LogP contribution in [0.5, 0.6) is 5.75 Å². The second kappa shape index (κ2) is 7.11. The summed E-state index contributed by atoms with van der Waals surface area (Å²) in [5, 5.41) is 8.19. The fraction of sp³-hybridized carbons (Fsp3) is 0.368. The fourth-order valence-electron chi connectivity index (χ4n) is 2.94. The Morgan fingerprint density at radius 1 is 1.20 bits per heavy atom. The van der Waals surface area contributed by atoms with Crippen LogP contribution in [0.15, 0.2) is 30.3 Å². The first-order valence-corrected chi connectivity index (χ1v) is 8.40. The van der Waals surface area contributed by atoms with Gasteiger partial charge in [0.15, 0.2) is 5.65 Å². The monoisotopic (exact) mass is 339 g/mol. The summed E-state index contributed by atoms with van der Waals surface area (Å²) in [4.78, 5) is 6.89. The van der Waals surface area contributed by atoms with E-state index in [0.717, 1.165) is 52.8 Å². The van der Waals surface area contributed by atoms with Gasteiger partial charge in [-0.05, 0) is 34.0 Å². The van der Waals surface area contributed by atoms with Gasteiger partial charge in [0.1, 0.15) is 11.6 Å². The van der Waals surface area contributed by atoms with Gasteiger partial charge in [0.25, 0.3) is 0 Å². The molecule has 0 saturated carbocycles. The number of aromatic nitrogens is 3. The smallest absolute Gasteiger partial charge is 0.165 e. The molecule has 2 aromatic heterocycles. The molecule has 0 radical (unpaired) electrons. The first-order valence-electron chi connectivity index (χ1n) is 8.40. The molecule has 0 atom stereocenters. The summed E-state index contributed by atoms with van der Waals surface area (Å²) < 4.78 is 7.43. The molecule has 0 bridgehead atoms. The van der Waals surface area contributed by atoms with E-state index in [1.54, 1.807) is 7.11 Å². The van der Waals surface area contributed by atoms with Crippen LogP contribution < -0.4 is 10.1 Å². The van der Waals surface area contributed by atoms with Crippen molar-refractivity contribution in [3.8, 4) is 16.9 Å². The Bertz CT molecular complexity index is 885. The highest BCUT2D eigenvalue weighted by molar-refractivity contribution is 5.84. The van der Waals surface area contributed by atoms with Gasteiger partial charge in [-0.2, -0.15) is 9.61 Å². The molecule has 6 heteroatoms. The van der Waals surface area contributed by atoms with Crippen LogP contribution in [0.25, 0.3) is 16.8 Å². The lowest BCUT2D eigenvalue weighted by Gasteiger charge is -2.13. The highest BCUT2D eigenvalue weighted by Crippen LogP contribution is 2.35. The standard InChI is InChI=1S/C19H25N5O/c1-13-12-17(20-10-11-23(3)4)24-19(21-13)18(14(2)22-24)15-8-6-7-9-16(15)25-5/h6-9,12,20H,10-11H2,1-5H3. The van der Waals surface area contributed by atoms with Gasteiger partial charge in [0.2, 0.25) is 0 Å². The minimum absolute atomic E-state index is 0.825. The Labute approximate surface area is 148 Å². The second-order valence-corrected chi connectivity index (χ2v) is 6.41. The molecule has 0 spiro atoms. The molecular formula is C19H25N5O. The van der Waals surface area contributed by atoms with Crippen LogP contribution in [0.4, 0.5) is 5.82 Å². The van der Waals surface area contributed by atoms with Crippen LogP contribution in [0.2, 0.25) is 0 Å². The van der Waals surface area contributed by atoms with E-state index >= 15 is 0 Å². The third-order valence-corrected chi connectivity index (χ3v) is 4.13. The van der Waals surface area contributed by atoms with Crippen LogP contribution in [-0.2, 0) is 0 Å². The molecule has 0 aliphatic carbocycles. The summed E-state index contributed by atoms with van der Waals surface area (Å²) in [7, 11) is 5.81. The number of nitrogens with one attached hydrogen (secondary N) is 1. The highest BCUT2D eigenvalue weighted by atomic mass is 16.5. The normalized spacial score (nSPS) is 11.3. The fourth-order valence-corrected chi connectivity index (χ4v) is 2.94. The molecule has 0 unspecified atom stereocenters. The molecule has 0 aliphatic rings. The van der Waals surface area contributed by atoms with E-state index in [1.165, 1.54) is 0 Å². The summed E-state index contributed by atoms with van der Waals surface area (Å²) >= 11 is 0. The maximum atomic E-state index is 5.54. The number of para-hydroxylation sites is 1. The number of nitrogens with zero attached hydrogens (tertiary/aromatic N) is 4. The highest BCUT2D eigenvalue weighted by Gasteiger charge is 2.18. The zero-order valence-electron chi connectivity index (χ0n) is 15.5. The Hall–Kier alpha value is -2.60. The lowest BCUT2D eigenvalue weighted by molar-refractivity contribution is 0.416. The van der Waals surface area contributed by atoms with Gasteiger partial charge >= 0.3 is 0 Å². The van der Waals surface area contributed by atoms with Crippen molar-refractivity contribution in [2.24, 2.45) is 0 Å². The molecule has 1 N–H and O–H groups in total. The first-order chi connectivity index (χ1) is 12.0. The lowest BCUT2D eigenvalue weighted by Crippen LogP contribution is -2.21. The number of hydrogen-bond acceptors (Lipinski definition) is 5. The van der Waals surface area contributed by atoms with Crippen molar-refractivity contribution in [1.82, 2.24) is 19.5 Å². The third-order valence-electron chi connectivity index (χ3n) is 4.13. The van der Waals surface area contributed by atoms with Crippen molar-refractivity contribution >= 4 is 11.5 Å². The molecule has 132 valence electrons. The Balaban J connectivity index is 2.12. The molecule has 3 rings (SSSR count). The summed E-state index contributed by atoms with van der Waals surface area (Å²) in [6.45, 7) is 5.80. The molecular weight excluding hydrogens is 314 g/mol. The number of fused-ring (bicyclic) bond motifs is 1. The molecule has 0 fully saturated rings. The molecule has 0 saturated heterocycles. The van der Waals surface area contributed by atoms with Crippen molar-refractivity contribution in [2.75, 3.05) is 39.6 Å². The molecule has 0 amide bonds. The summed E-state index contributed by atoms with van der Waals surface area (Å²) in [5.41, 5.74) is 4.75. The van der Waals surface area contributed by atoms with Gasteiger partial charge in [0, 0.05) is 30.4 Å². The van der Waals surface area contributed by atoms with Crippen molar-refractivity contribution in [2.45, 2.75) is 13.8 Å². The maximum absolute atomic E-state index is 5.54. The van der Waals surface area contributed by atoms with Gasteiger partial charge in [-0.3, -0.25) is 0 Å². The van der Waals surface area contributed by atoms with Crippen molar-refractivity contribution in [3.63, 3.8) is 0 Å². The topological polar surface area (TPSA) is 54.7 Å². The van der Waals surface area contributed by atoms with Gasteiger partial charge in [-0.15, -0.1) is 0 Å². The molecule has 25 heavy (non-hydrogen) atoms. The maximum Gasteiger partial charge on any atom is 0.165 e. The first kappa shape index (κ1) is 17.2.